The standard InChI is InChI=1S/C8H13FO3/c1-7(3-2-4-9)8(11)12-6-5-10/h3,10H,2,4-6H2,1H3. The zero-order chi connectivity index (χ0) is 9.40. The van der Waals surface area contributed by atoms with Gasteiger partial charge in [-0.05, 0) is 13.3 Å². The highest BCUT2D eigenvalue weighted by Crippen LogP contribution is 1.98. The van der Waals surface area contributed by atoms with Gasteiger partial charge in [-0.2, -0.15) is 0 Å². The number of aliphatic hydroxyl groups excluding tert-OH is 1. The van der Waals surface area contributed by atoms with E-state index in [1.54, 1.807) is 6.92 Å². The van der Waals surface area contributed by atoms with Gasteiger partial charge in [0.2, 0.25) is 0 Å². The van der Waals surface area contributed by atoms with Crippen molar-refractivity contribution in [1.82, 2.24) is 0 Å². The van der Waals surface area contributed by atoms with Crippen molar-refractivity contribution in [3.63, 3.8) is 0 Å². The second kappa shape index (κ2) is 6.79. The van der Waals surface area contributed by atoms with Gasteiger partial charge >= 0.3 is 5.97 Å². The molecule has 0 fully saturated rings. The Morgan fingerprint density at radius 1 is 1.67 bits per heavy atom. The van der Waals surface area contributed by atoms with Gasteiger partial charge in [0.05, 0.1) is 13.3 Å². The molecule has 0 amide bonds. The average Bonchev–Trinajstić information content (AvgIpc) is 2.10. The number of aliphatic hydroxyl groups is 1. The summed E-state index contributed by atoms with van der Waals surface area (Å²) in [6, 6.07) is 0. The maximum absolute atomic E-state index is 11.6. The Morgan fingerprint density at radius 3 is 2.83 bits per heavy atom. The minimum Gasteiger partial charge on any atom is -0.460 e. The Labute approximate surface area is 70.8 Å². The lowest BCUT2D eigenvalue weighted by molar-refractivity contribution is -0.139. The van der Waals surface area contributed by atoms with E-state index in [-0.39, 0.29) is 19.6 Å². The van der Waals surface area contributed by atoms with Crippen LogP contribution in [0.15, 0.2) is 11.6 Å². The summed E-state index contributed by atoms with van der Waals surface area (Å²) in [6.07, 6.45) is 1.69. The van der Waals surface area contributed by atoms with Crippen molar-refractivity contribution in [1.29, 1.82) is 0 Å². The molecule has 4 heteroatoms. The second-order valence-corrected chi connectivity index (χ2v) is 2.22. The van der Waals surface area contributed by atoms with Gasteiger partial charge in [0.1, 0.15) is 6.61 Å². The van der Waals surface area contributed by atoms with Crippen LogP contribution in [0.3, 0.4) is 0 Å². The molecular weight excluding hydrogens is 163 g/mol. The number of hydrogen-bond donors (Lipinski definition) is 1. The zero-order valence-electron chi connectivity index (χ0n) is 7.05. The molecule has 0 heterocycles. The van der Waals surface area contributed by atoms with Crippen molar-refractivity contribution < 1.29 is 19.0 Å². The maximum Gasteiger partial charge on any atom is 0.333 e. The first-order chi connectivity index (χ1) is 5.72. The average molecular weight is 176 g/mol. The molecule has 0 saturated heterocycles. The fourth-order valence-electron chi connectivity index (χ4n) is 0.607. The predicted octanol–water partition coefficient (Wildman–Crippen LogP) is 0.828. The largest absolute Gasteiger partial charge is 0.460 e. The summed E-state index contributed by atoms with van der Waals surface area (Å²) >= 11 is 0. The Kier molecular flexibility index (Phi) is 6.28. The van der Waals surface area contributed by atoms with Crippen LogP contribution in [0.5, 0.6) is 0 Å². The highest BCUT2D eigenvalue weighted by atomic mass is 19.1. The van der Waals surface area contributed by atoms with E-state index in [1.165, 1.54) is 6.08 Å². The van der Waals surface area contributed by atoms with Gasteiger partial charge in [0.15, 0.2) is 0 Å². The molecular formula is C8H13FO3. The lowest BCUT2D eigenvalue weighted by Crippen LogP contribution is -2.09. The number of hydrogen-bond acceptors (Lipinski definition) is 3. The SMILES string of the molecule is CC(=CCCF)C(=O)OCCO. The number of rotatable bonds is 5. The number of allylic oxidation sites excluding steroid dienone is 1. The number of alkyl halides is 1. The van der Waals surface area contributed by atoms with E-state index in [2.05, 4.69) is 4.74 Å². The third-order valence-electron chi connectivity index (χ3n) is 1.21. The topological polar surface area (TPSA) is 46.5 Å². The molecule has 0 aliphatic heterocycles. The molecule has 0 aromatic carbocycles. The molecule has 1 N–H and O–H groups in total. The Morgan fingerprint density at radius 2 is 2.33 bits per heavy atom. The first-order valence-electron chi connectivity index (χ1n) is 3.73. The van der Waals surface area contributed by atoms with Gasteiger partial charge < -0.3 is 9.84 Å². The maximum atomic E-state index is 11.6. The van der Waals surface area contributed by atoms with E-state index in [4.69, 9.17) is 5.11 Å². The molecule has 0 unspecified atom stereocenters. The molecule has 12 heavy (non-hydrogen) atoms. The van der Waals surface area contributed by atoms with Gasteiger partial charge in [-0.3, -0.25) is 4.39 Å². The Hall–Kier alpha value is -0.900. The first-order valence-corrected chi connectivity index (χ1v) is 3.73. The minimum absolute atomic E-state index is 0.0142. The normalized spacial score (nSPS) is 11.4. The molecule has 70 valence electrons. The molecule has 0 radical (unpaired) electrons. The van der Waals surface area contributed by atoms with Crippen molar-refractivity contribution >= 4 is 5.97 Å². The van der Waals surface area contributed by atoms with Crippen LogP contribution < -0.4 is 0 Å². The second-order valence-electron chi connectivity index (χ2n) is 2.22. The quantitative estimate of drug-likeness (QED) is 0.498. The molecule has 0 spiro atoms. The summed E-state index contributed by atoms with van der Waals surface area (Å²) in [6.45, 7) is 0.863. The highest BCUT2D eigenvalue weighted by molar-refractivity contribution is 5.87. The van der Waals surface area contributed by atoms with E-state index in [0.29, 0.717) is 5.57 Å². The molecule has 0 aromatic heterocycles. The number of esters is 1. The van der Waals surface area contributed by atoms with Crippen molar-refractivity contribution in [3.05, 3.63) is 11.6 Å². The van der Waals surface area contributed by atoms with Gasteiger partial charge in [0, 0.05) is 5.57 Å². The van der Waals surface area contributed by atoms with E-state index < -0.39 is 12.6 Å². The molecule has 0 aliphatic rings. The van der Waals surface area contributed by atoms with Gasteiger partial charge in [0.25, 0.3) is 0 Å². The van der Waals surface area contributed by atoms with E-state index in [0.717, 1.165) is 0 Å². The van der Waals surface area contributed by atoms with Crippen LogP contribution in [0.25, 0.3) is 0 Å². The van der Waals surface area contributed by atoms with Crippen molar-refractivity contribution in [2.75, 3.05) is 19.9 Å². The molecule has 3 nitrogen and oxygen atoms in total. The molecule has 0 rings (SSSR count). The van der Waals surface area contributed by atoms with E-state index in [1.807, 2.05) is 0 Å². The van der Waals surface area contributed by atoms with Crippen LogP contribution >= 0.6 is 0 Å². The monoisotopic (exact) mass is 176 g/mol. The summed E-state index contributed by atoms with van der Waals surface area (Å²) in [5.74, 6) is -0.502. The van der Waals surface area contributed by atoms with Crippen LogP contribution in [0.2, 0.25) is 0 Å². The van der Waals surface area contributed by atoms with Crippen molar-refractivity contribution in [3.8, 4) is 0 Å². The summed E-state index contributed by atoms with van der Waals surface area (Å²) < 4.78 is 16.2. The van der Waals surface area contributed by atoms with Crippen molar-refractivity contribution in [2.24, 2.45) is 0 Å². The molecule has 0 saturated carbocycles. The van der Waals surface area contributed by atoms with Crippen LogP contribution in [0, 0.1) is 0 Å². The van der Waals surface area contributed by atoms with Crippen LogP contribution in [0.4, 0.5) is 4.39 Å². The third kappa shape index (κ3) is 4.85. The number of ether oxygens (including phenoxy) is 1. The van der Waals surface area contributed by atoms with Crippen LogP contribution in [0.1, 0.15) is 13.3 Å². The Bertz CT molecular complexity index is 166. The summed E-state index contributed by atoms with van der Waals surface area (Å²) in [7, 11) is 0. The summed E-state index contributed by atoms with van der Waals surface area (Å²) in [5.41, 5.74) is 0.376. The van der Waals surface area contributed by atoms with Gasteiger partial charge in [-0.1, -0.05) is 6.08 Å². The molecule has 0 aromatic rings. The fraction of sp³-hybridized carbons (Fsp3) is 0.625. The van der Waals surface area contributed by atoms with Crippen LogP contribution in [-0.4, -0.2) is 31.0 Å². The summed E-state index contributed by atoms with van der Waals surface area (Å²) in [4.78, 5) is 10.9. The molecule has 0 bridgehead atoms. The fourth-order valence-corrected chi connectivity index (χ4v) is 0.607. The Balaban J connectivity index is 3.75. The predicted molar refractivity (Wildman–Crippen MR) is 42.4 cm³/mol. The van der Waals surface area contributed by atoms with Crippen molar-refractivity contribution in [2.45, 2.75) is 13.3 Å². The minimum atomic E-state index is -0.502. The smallest absolute Gasteiger partial charge is 0.333 e. The summed E-state index contributed by atoms with van der Waals surface area (Å²) in [5, 5.41) is 8.32. The van der Waals surface area contributed by atoms with Gasteiger partial charge in [-0.15, -0.1) is 0 Å². The van der Waals surface area contributed by atoms with Crippen LogP contribution in [-0.2, 0) is 9.53 Å². The lowest BCUT2D eigenvalue weighted by atomic mass is 10.2. The molecule has 0 atom stereocenters. The first kappa shape index (κ1) is 11.1. The lowest BCUT2D eigenvalue weighted by Gasteiger charge is -2.01. The van der Waals surface area contributed by atoms with E-state index >= 15 is 0 Å². The molecule has 0 aliphatic carbocycles. The highest BCUT2D eigenvalue weighted by Gasteiger charge is 2.03. The van der Waals surface area contributed by atoms with Gasteiger partial charge in [-0.25, -0.2) is 4.79 Å². The third-order valence-corrected chi connectivity index (χ3v) is 1.21. The number of carbonyl (C=O) groups excluding carboxylic acids is 1. The number of halogens is 1. The van der Waals surface area contributed by atoms with E-state index in [9.17, 15) is 9.18 Å². The number of carbonyl (C=O) groups is 1. The zero-order valence-corrected chi connectivity index (χ0v) is 7.05.